The highest BCUT2D eigenvalue weighted by atomic mass is 16.5. The number of quaternary nitrogens is 1. The standard InChI is InChI=1S/C17H36NO/c1-4-5-6-7-8-9-10-11-12-15-19-17-13-14-18(2,3)16-17/h17H,4-16H2,1-3H3/q+1. The molecule has 1 unspecified atom stereocenters. The molecular formula is C17H36NO+. The monoisotopic (exact) mass is 270 g/mol. The van der Waals surface area contributed by atoms with Crippen LogP contribution < -0.4 is 0 Å². The predicted octanol–water partition coefficient (Wildman–Crippen LogP) is 4.38. The number of likely N-dealkylation sites (N-methyl/N-ethyl adjacent to an activating group) is 1. The largest absolute Gasteiger partial charge is 0.372 e. The van der Waals surface area contributed by atoms with E-state index in [4.69, 9.17) is 4.74 Å². The van der Waals surface area contributed by atoms with Gasteiger partial charge < -0.3 is 9.22 Å². The van der Waals surface area contributed by atoms with Gasteiger partial charge in [0.25, 0.3) is 0 Å². The molecular weight excluding hydrogens is 234 g/mol. The lowest BCUT2D eigenvalue weighted by atomic mass is 10.1. The lowest BCUT2D eigenvalue weighted by Crippen LogP contribution is -2.37. The molecule has 0 bridgehead atoms. The minimum Gasteiger partial charge on any atom is -0.372 e. The summed E-state index contributed by atoms with van der Waals surface area (Å²) in [4.78, 5) is 0. The first-order valence-electron chi connectivity index (χ1n) is 8.57. The molecule has 19 heavy (non-hydrogen) atoms. The maximum Gasteiger partial charge on any atom is 0.112 e. The van der Waals surface area contributed by atoms with Crippen LogP contribution in [-0.2, 0) is 4.74 Å². The SMILES string of the molecule is CCCCCCCCCCCOC1CC[N+](C)(C)C1. The molecule has 1 fully saturated rings. The zero-order valence-corrected chi connectivity index (χ0v) is 13.6. The first-order valence-corrected chi connectivity index (χ1v) is 8.57. The third-order valence-corrected chi connectivity index (χ3v) is 4.36. The molecule has 1 aliphatic rings. The van der Waals surface area contributed by atoms with Crippen molar-refractivity contribution in [2.45, 2.75) is 77.2 Å². The van der Waals surface area contributed by atoms with E-state index in [1.165, 1.54) is 77.3 Å². The summed E-state index contributed by atoms with van der Waals surface area (Å²) < 4.78 is 7.12. The fraction of sp³-hybridized carbons (Fsp3) is 1.00. The van der Waals surface area contributed by atoms with E-state index in [0.717, 1.165) is 11.1 Å². The van der Waals surface area contributed by atoms with Crippen molar-refractivity contribution < 1.29 is 9.22 Å². The minimum absolute atomic E-state index is 0.532. The summed E-state index contributed by atoms with van der Waals surface area (Å²) in [6.45, 7) is 5.75. The van der Waals surface area contributed by atoms with Gasteiger partial charge in [-0.1, -0.05) is 58.3 Å². The second kappa shape index (κ2) is 9.77. The molecule has 0 N–H and O–H groups in total. The van der Waals surface area contributed by atoms with Gasteiger partial charge in [-0.2, -0.15) is 0 Å². The van der Waals surface area contributed by atoms with Crippen LogP contribution in [0.1, 0.15) is 71.1 Å². The summed E-state index contributed by atoms with van der Waals surface area (Å²) in [6.07, 6.45) is 14.3. The number of likely N-dealkylation sites (tertiary alicyclic amines) is 1. The number of hydrogen-bond acceptors (Lipinski definition) is 1. The molecule has 1 saturated heterocycles. The van der Waals surface area contributed by atoms with Gasteiger partial charge in [-0.25, -0.2) is 0 Å². The zero-order valence-electron chi connectivity index (χ0n) is 13.6. The van der Waals surface area contributed by atoms with E-state index >= 15 is 0 Å². The lowest BCUT2D eigenvalue weighted by molar-refractivity contribution is -0.879. The molecule has 0 radical (unpaired) electrons. The van der Waals surface area contributed by atoms with Crippen LogP contribution >= 0.6 is 0 Å². The molecule has 2 nitrogen and oxygen atoms in total. The average molecular weight is 270 g/mol. The van der Waals surface area contributed by atoms with Crippen molar-refractivity contribution in [2.75, 3.05) is 33.8 Å². The van der Waals surface area contributed by atoms with Crippen LogP contribution in [0.4, 0.5) is 0 Å². The summed E-state index contributed by atoms with van der Waals surface area (Å²) >= 11 is 0. The Hall–Kier alpha value is -0.0800. The van der Waals surface area contributed by atoms with E-state index in [1.807, 2.05) is 0 Å². The van der Waals surface area contributed by atoms with Crippen LogP contribution in [0.5, 0.6) is 0 Å². The van der Waals surface area contributed by atoms with Crippen molar-refractivity contribution in [3.8, 4) is 0 Å². The van der Waals surface area contributed by atoms with E-state index in [-0.39, 0.29) is 0 Å². The lowest BCUT2D eigenvalue weighted by Gasteiger charge is -2.23. The molecule has 0 aromatic heterocycles. The van der Waals surface area contributed by atoms with Crippen LogP contribution in [-0.4, -0.2) is 44.4 Å². The van der Waals surface area contributed by atoms with Crippen molar-refractivity contribution >= 4 is 0 Å². The molecule has 1 atom stereocenters. The second-order valence-electron chi connectivity index (χ2n) is 6.95. The van der Waals surface area contributed by atoms with Gasteiger partial charge in [-0.05, 0) is 6.42 Å². The quantitative estimate of drug-likeness (QED) is 0.400. The Balaban J connectivity index is 1.79. The average Bonchev–Trinajstić information content (AvgIpc) is 2.71. The molecule has 0 aromatic rings. The predicted molar refractivity (Wildman–Crippen MR) is 83.4 cm³/mol. The molecule has 0 spiro atoms. The van der Waals surface area contributed by atoms with Crippen molar-refractivity contribution in [1.29, 1.82) is 0 Å². The highest BCUT2D eigenvalue weighted by Gasteiger charge is 2.30. The summed E-state index contributed by atoms with van der Waals surface area (Å²) in [6, 6.07) is 0. The van der Waals surface area contributed by atoms with E-state index < -0.39 is 0 Å². The first kappa shape index (κ1) is 17.0. The maximum absolute atomic E-state index is 5.98. The second-order valence-corrected chi connectivity index (χ2v) is 6.95. The summed E-state index contributed by atoms with van der Waals surface area (Å²) in [5, 5.41) is 0. The number of ether oxygens (including phenoxy) is 1. The van der Waals surface area contributed by atoms with Crippen LogP contribution in [0.15, 0.2) is 0 Å². The fourth-order valence-electron chi connectivity index (χ4n) is 3.03. The van der Waals surface area contributed by atoms with Crippen LogP contribution in [0, 0.1) is 0 Å². The van der Waals surface area contributed by atoms with Crippen molar-refractivity contribution in [1.82, 2.24) is 0 Å². The molecule has 0 aromatic carbocycles. The summed E-state index contributed by atoms with van der Waals surface area (Å²) in [7, 11) is 4.61. The van der Waals surface area contributed by atoms with Gasteiger partial charge in [0.15, 0.2) is 0 Å². The minimum atomic E-state index is 0.532. The Morgan fingerprint density at radius 1 is 0.895 bits per heavy atom. The van der Waals surface area contributed by atoms with Crippen molar-refractivity contribution in [3.05, 3.63) is 0 Å². The summed E-state index contributed by atoms with van der Waals surface area (Å²) in [5.74, 6) is 0. The normalized spacial score (nSPS) is 21.9. The van der Waals surface area contributed by atoms with Crippen molar-refractivity contribution in [2.24, 2.45) is 0 Å². The third-order valence-electron chi connectivity index (χ3n) is 4.36. The molecule has 1 aliphatic heterocycles. The van der Waals surface area contributed by atoms with Gasteiger partial charge in [-0.3, -0.25) is 0 Å². The first-order chi connectivity index (χ1) is 9.14. The summed E-state index contributed by atoms with van der Waals surface area (Å²) in [5.41, 5.74) is 0. The Labute approximate surface area is 121 Å². The topological polar surface area (TPSA) is 9.23 Å². The molecule has 0 amide bonds. The number of unbranched alkanes of at least 4 members (excludes halogenated alkanes) is 8. The Morgan fingerprint density at radius 3 is 2.00 bits per heavy atom. The molecule has 114 valence electrons. The molecule has 2 heteroatoms. The van der Waals surface area contributed by atoms with E-state index in [2.05, 4.69) is 21.0 Å². The molecule has 1 heterocycles. The molecule has 0 saturated carbocycles. The fourth-order valence-corrected chi connectivity index (χ4v) is 3.03. The van der Waals surface area contributed by atoms with Crippen molar-refractivity contribution in [3.63, 3.8) is 0 Å². The van der Waals surface area contributed by atoms with Crippen LogP contribution in [0.25, 0.3) is 0 Å². The smallest absolute Gasteiger partial charge is 0.112 e. The van der Waals surface area contributed by atoms with Crippen LogP contribution in [0.2, 0.25) is 0 Å². The van der Waals surface area contributed by atoms with Gasteiger partial charge in [0, 0.05) is 13.0 Å². The van der Waals surface area contributed by atoms with Gasteiger partial charge in [-0.15, -0.1) is 0 Å². The van der Waals surface area contributed by atoms with Gasteiger partial charge in [0.2, 0.25) is 0 Å². The maximum atomic E-state index is 5.98. The third kappa shape index (κ3) is 8.65. The van der Waals surface area contributed by atoms with Gasteiger partial charge in [0.05, 0.1) is 20.6 Å². The van der Waals surface area contributed by atoms with Crippen LogP contribution in [0.3, 0.4) is 0 Å². The molecule has 1 rings (SSSR count). The zero-order chi connectivity index (χ0) is 14.0. The Bertz CT molecular complexity index is 215. The molecule has 0 aliphatic carbocycles. The Kier molecular flexibility index (Phi) is 8.72. The number of nitrogens with zero attached hydrogens (tertiary/aromatic N) is 1. The van der Waals surface area contributed by atoms with E-state index in [0.29, 0.717) is 6.10 Å². The highest BCUT2D eigenvalue weighted by Crippen LogP contribution is 2.17. The van der Waals surface area contributed by atoms with Gasteiger partial charge in [0.1, 0.15) is 12.6 Å². The number of rotatable bonds is 11. The number of hydrogen-bond donors (Lipinski definition) is 0. The van der Waals surface area contributed by atoms with E-state index in [1.54, 1.807) is 0 Å². The highest BCUT2D eigenvalue weighted by molar-refractivity contribution is 4.64. The van der Waals surface area contributed by atoms with Gasteiger partial charge >= 0.3 is 0 Å². The Morgan fingerprint density at radius 2 is 1.47 bits per heavy atom. The van der Waals surface area contributed by atoms with E-state index in [9.17, 15) is 0 Å².